The molecule has 0 bridgehead atoms. The molecule has 5 nitrogen and oxygen atoms in total. The monoisotopic (exact) mass is 418 g/mol. The van der Waals surface area contributed by atoms with Crippen molar-refractivity contribution in [3.05, 3.63) is 87.2 Å². The van der Waals surface area contributed by atoms with Crippen molar-refractivity contribution >= 4 is 34.4 Å². The summed E-state index contributed by atoms with van der Waals surface area (Å²) >= 11 is 1.45. The van der Waals surface area contributed by atoms with Crippen molar-refractivity contribution in [3.63, 3.8) is 0 Å². The number of hydrogen-bond acceptors (Lipinski definition) is 5. The highest BCUT2D eigenvalue weighted by molar-refractivity contribution is 7.11. The van der Waals surface area contributed by atoms with Crippen molar-refractivity contribution in [2.24, 2.45) is 0 Å². The predicted molar refractivity (Wildman–Crippen MR) is 119 cm³/mol. The number of hydrogen-bond donors (Lipinski definition) is 1. The molecular weight excluding hydrogens is 396 g/mol. The zero-order valence-electron chi connectivity index (χ0n) is 17.1. The molecule has 0 fully saturated rings. The fraction of sp³-hybridized carbons (Fsp3) is 0.167. The van der Waals surface area contributed by atoms with Crippen LogP contribution in [0.2, 0.25) is 0 Å². The molecule has 0 atom stereocenters. The van der Waals surface area contributed by atoms with E-state index in [4.69, 9.17) is 4.74 Å². The second-order valence-corrected chi connectivity index (χ2v) is 8.22. The number of carbonyl (C=O) groups is 2. The molecule has 152 valence electrons. The van der Waals surface area contributed by atoms with E-state index in [0.717, 1.165) is 33.0 Å². The zero-order valence-corrected chi connectivity index (χ0v) is 17.9. The SMILES string of the molecule is COc1ccc(CN2C(=O)C(Nc3cc(C)cc(C)c3)=C(c3cccs3)C2=O)cc1. The Balaban J connectivity index is 1.69. The van der Waals surface area contributed by atoms with E-state index in [-0.39, 0.29) is 18.4 Å². The third-order valence-electron chi connectivity index (χ3n) is 4.93. The van der Waals surface area contributed by atoms with Gasteiger partial charge in [0.1, 0.15) is 11.4 Å². The van der Waals surface area contributed by atoms with Gasteiger partial charge in [-0.25, -0.2) is 0 Å². The van der Waals surface area contributed by atoms with Crippen LogP contribution in [-0.4, -0.2) is 23.8 Å². The molecule has 2 aromatic carbocycles. The van der Waals surface area contributed by atoms with Crippen LogP contribution in [0.1, 0.15) is 21.6 Å². The average Bonchev–Trinajstić information content (AvgIpc) is 3.31. The van der Waals surface area contributed by atoms with Gasteiger partial charge >= 0.3 is 0 Å². The zero-order chi connectivity index (χ0) is 21.3. The summed E-state index contributed by atoms with van der Waals surface area (Å²) in [4.78, 5) is 28.6. The van der Waals surface area contributed by atoms with Crippen molar-refractivity contribution in [3.8, 4) is 5.75 Å². The molecule has 6 heteroatoms. The second-order valence-electron chi connectivity index (χ2n) is 7.27. The van der Waals surface area contributed by atoms with E-state index in [9.17, 15) is 9.59 Å². The summed E-state index contributed by atoms with van der Waals surface area (Å²) in [7, 11) is 1.60. The van der Waals surface area contributed by atoms with Crippen molar-refractivity contribution in [1.29, 1.82) is 0 Å². The highest BCUT2D eigenvalue weighted by Gasteiger charge is 2.39. The van der Waals surface area contributed by atoms with Gasteiger partial charge < -0.3 is 10.1 Å². The maximum atomic E-state index is 13.3. The normalized spacial score (nSPS) is 13.9. The van der Waals surface area contributed by atoms with E-state index < -0.39 is 0 Å². The summed E-state index contributed by atoms with van der Waals surface area (Å²) in [6.45, 7) is 4.21. The first-order chi connectivity index (χ1) is 14.5. The molecule has 0 spiro atoms. The van der Waals surface area contributed by atoms with E-state index in [1.165, 1.54) is 16.2 Å². The van der Waals surface area contributed by atoms with Crippen LogP contribution in [0.25, 0.3) is 5.57 Å². The maximum Gasteiger partial charge on any atom is 0.278 e. The third kappa shape index (κ3) is 3.86. The van der Waals surface area contributed by atoms with Crippen molar-refractivity contribution in [2.45, 2.75) is 20.4 Å². The minimum atomic E-state index is -0.321. The van der Waals surface area contributed by atoms with Gasteiger partial charge in [-0.15, -0.1) is 11.3 Å². The number of anilines is 1. The molecule has 0 saturated carbocycles. The molecule has 2 amide bonds. The second kappa shape index (κ2) is 8.16. The highest BCUT2D eigenvalue weighted by atomic mass is 32.1. The summed E-state index contributed by atoms with van der Waals surface area (Å²) in [5.74, 6) is 0.121. The van der Waals surface area contributed by atoms with Crippen molar-refractivity contribution in [2.75, 3.05) is 12.4 Å². The van der Waals surface area contributed by atoms with Crippen molar-refractivity contribution in [1.82, 2.24) is 4.90 Å². The van der Waals surface area contributed by atoms with Crippen LogP contribution in [0.5, 0.6) is 5.75 Å². The number of ether oxygens (including phenoxy) is 1. The van der Waals surface area contributed by atoms with Gasteiger partial charge in [0.15, 0.2) is 0 Å². The Morgan fingerprint density at radius 1 is 0.967 bits per heavy atom. The highest BCUT2D eigenvalue weighted by Crippen LogP contribution is 2.34. The Hall–Kier alpha value is -3.38. The summed E-state index contributed by atoms with van der Waals surface area (Å²) in [6, 6.07) is 17.1. The predicted octanol–water partition coefficient (Wildman–Crippen LogP) is 4.77. The molecule has 0 unspecified atom stereocenters. The maximum absolute atomic E-state index is 13.3. The van der Waals surface area contributed by atoms with E-state index in [0.29, 0.717) is 11.3 Å². The third-order valence-corrected chi connectivity index (χ3v) is 5.81. The van der Waals surface area contributed by atoms with Crippen LogP contribution in [0.15, 0.2) is 65.7 Å². The number of nitrogens with one attached hydrogen (secondary N) is 1. The molecule has 1 aliphatic heterocycles. The fourth-order valence-electron chi connectivity index (χ4n) is 3.59. The molecule has 0 radical (unpaired) electrons. The van der Waals surface area contributed by atoms with Gasteiger partial charge in [-0.05, 0) is 66.2 Å². The molecule has 1 N–H and O–H groups in total. The number of aryl methyl sites for hydroxylation is 2. The lowest BCUT2D eigenvalue weighted by molar-refractivity contribution is -0.137. The molecule has 1 aromatic heterocycles. The molecule has 4 rings (SSSR count). The first-order valence-electron chi connectivity index (χ1n) is 9.59. The van der Waals surface area contributed by atoms with E-state index in [1.54, 1.807) is 7.11 Å². The Morgan fingerprint density at radius 2 is 1.67 bits per heavy atom. The van der Waals surface area contributed by atoms with Gasteiger partial charge in [0.2, 0.25) is 0 Å². The number of rotatable bonds is 6. The quantitative estimate of drug-likeness (QED) is 0.586. The van der Waals surface area contributed by atoms with Gasteiger partial charge in [0.05, 0.1) is 19.2 Å². The number of thiophene rings is 1. The van der Waals surface area contributed by atoms with Gasteiger partial charge in [0.25, 0.3) is 11.8 Å². The van der Waals surface area contributed by atoms with E-state index >= 15 is 0 Å². The topological polar surface area (TPSA) is 58.6 Å². The lowest BCUT2D eigenvalue weighted by Gasteiger charge is -2.16. The summed E-state index contributed by atoms with van der Waals surface area (Å²) < 4.78 is 5.19. The van der Waals surface area contributed by atoms with Gasteiger partial charge in [0, 0.05) is 10.6 Å². The molecule has 1 aliphatic rings. The Bertz CT molecular complexity index is 1110. The molecule has 3 aromatic rings. The lowest BCUT2D eigenvalue weighted by Crippen LogP contribution is -2.31. The number of benzene rings is 2. The largest absolute Gasteiger partial charge is 0.497 e. The Kier molecular flexibility index (Phi) is 5.42. The average molecular weight is 419 g/mol. The number of methoxy groups -OCH3 is 1. The summed E-state index contributed by atoms with van der Waals surface area (Å²) in [6.07, 6.45) is 0. The van der Waals surface area contributed by atoms with Crippen LogP contribution >= 0.6 is 11.3 Å². The first kappa shape index (κ1) is 19.9. The molecule has 30 heavy (non-hydrogen) atoms. The van der Waals surface area contributed by atoms with Crippen LogP contribution in [0, 0.1) is 13.8 Å². The first-order valence-corrected chi connectivity index (χ1v) is 10.5. The lowest BCUT2D eigenvalue weighted by atomic mass is 10.1. The van der Waals surface area contributed by atoms with Crippen LogP contribution in [0.3, 0.4) is 0 Å². The summed E-state index contributed by atoms with van der Waals surface area (Å²) in [5, 5.41) is 5.13. The van der Waals surface area contributed by atoms with Gasteiger partial charge in [-0.1, -0.05) is 24.3 Å². The minimum absolute atomic E-state index is 0.203. The Labute approximate surface area is 179 Å². The molecule has 2 heterocycles. The van der Waals surface area contributed by atoms with Crippen LogP contribution in [-0.2, 0) is 16.1 Å². The number of nitrogens with zero attached hydrogens (tertiary/aromatic N) is 1. The fourth-order valence-corrected chi connectivity index (χ4v) is 4.36. The molecular formula is C24H22N2O3S. The van der Waals surface area contributed by atoms with Crippen LogP contribution < -0.4 is 10.1 Å². The van der Waals surface area contributed by atoms with Crippen LogP contribution in [0.4, 0.5) is 5.69 Å². The number of carbonyl (C=O) groups excluding carboxylic acids is 2. The standard InChI is InChI=1S/C24H22N2O3S/c1-15-11-16(2)13-18(12-15)25-22-21(20-5-4-10-30-20)23(27)26(24(22)28)14-17-6-8-19(29-3)9-7-17/h4-13,25H,14H2,1-3H3. The van der Waals surface area contributed by atoms with Gasteiger partial charge in [-0.2, -0.15) is 0 Å². The van der Waals surface area contributed by atoms with Gasteiger partial charge in [-0.3, -0.25) is 14.5 Å². The molecule has 0 aliphatic carbocycles. The van der Waals surface area contributed by atoms with E-state index in [1.807, 2.05) is 67.8 Å². The summed E-state index contributed by atoms with van der Waals surface area (Å²) in [5.41, 5.74) is 4.56. The smallest absolute Gasteiger partial charge is 0.278 e. The minimum Gasteiger partial charge on any atom is -0.497 e. The number of imide groups is 1. The number of amides is 2. The van der Waals surface area contributed by atoms with Crippen molar-refractivity contribution < 1.29 is 14.3 Å². The molecule has 0 saturated heterocycles. The van der Waals surface area contributed by atoms with E-state index in [2.05, 4.69) is 11.4 Å². The Morgan fingerprint density at radius 3 is 2.27 bits per heavy atom.